The molecule has 1 N–H and O–H groups in total. The van der Waals surface area contributed by atoms with Gasteiger partial charge in [0.1, 0.15) is 5.75 Å². The normalized spacial score (nSPS) is 12.0. The highest BCUT2D eigenvalue weighted by atomic mass is 35.5. The minimum Gasteiger partial charge on any atom is -0.496 e. The van der Waals surface area contributed by atoms with Crippen molar-refractivity contribution in [3.05, 3.63) is 59.1 Å². The third-order valence-corrected chi connectivity index (χ3v) is 4.11. The summed E-state index contributed by atoms with van der Waals surface area (Å²) in [5.41, 5.74) is 1.66. The summed E-state index contributed by atoms with van der Waals surface area (Å²) in [6.45, 7) is 2.47. The molecule has 0 saturated heterocycles. The van der Waals surface area contributed by atoms with Gasteiger partial charge in [0.15, 0.2) is 0 Å². The van der Waals surface area contributed by atoms with E-state index in [0.29, 0.717) is 17.3 Å². The number of carbonyl (C=O) groups excluding carboxylic acids is 1. The van der Waals surface area contributed by atoms with Crippen molar-refractivity contribution in [2.75, 3.05) is 19.5 Å². The highest BCUT2D eigenvalue weighted by Crippen LogP contribution is 2.22. The largest absolute Gasteiger partial charge is 0.496 e. The summed E-state index contributed by atoms with van der Waals surface area (Å²) in [7, 11) is 3.55. The topological polar surface area (TPSA) is 41.6 Å². The molecule has 23 heavy (non-hydrogen) atoms. The number of benzene rings is 2. The highest BCUT2D eigenvalue weighted by molar-refractivity contribution is 6.33. The van der Waals surface area contributed by atoms with Gasteiger partial charge in [-0.1, -0.05) is 41.9 Å². The molecule has 2 aromatic rings. The number of ether oxygens (including phenoxy) is 1. The standard InChI is InChI=1S/C18H21ClN2O2/c1-13(18(22)20-16-10-6-5-9-15(16)19)21(2)12-14-8-4-7-11-17(14)23-3/h4-11,13H,12H2,1-3H3,(H,20,22). The van der Waals surface area contributed by atoms with Gasteiger partial charge in [-0.25, -0.2) is 0 Å². The van der Waals surface area contributed by atoms with E-state index in [1.165, 1.54) is 0 Å². The van der Waals surface area contributed by atoms with Gasteiger partial charge < -0.3 is 10.1 Å². The molecular weight excluding hydrogens is 312 g/mol. The number of rotatable bonds is 6. The SMILES string of the molecule is COc1ccccc1CN(C)C(C)C(=O)Nc1ccccc1Cl. The van der Waals surface area contributed by atoms with E-state index in [-0.39, 0.29) is 11.9 Å². The van der Waals surface area contributed by atoms with Crippen molar-refractivity contribution in [2.45, 2.75) is 19.5 Å². The van der Waals surface area contributed by atoms with Crippen LogP contribution >= 0.6 is 11.6 Å². The van der Waals surface area contributed by atoms with E-state index in [9.17, 15) is 4.79 Å². The third kappa shape index (κ3) is 4.47. The summed E-state index contributed by atoms with van der Waals surface area (Å²) in [6, 6.07) is 14.7. The van der Waals surface area contributed by atoms with Crippen LogP contribution in [0.25, 0.3) is 0 Å². The molecule has 4 nitrogen and oxygen atoms in total. The number of likely N-dealkylation sites (N-methyl/N-ethyl adjacent to an activating group) is 1. The maximum atomic E-state index is 12.4. The summed E-state index contributed by atoms with van der Waals surface area (Å²) in [5.74, 6) is 0.716. The molecule has 1 unspecified atom stereocenters. The van der Waals surface area contributed by atoms with E-state index >= 15 is 0 Å². The third-order valence-electron chi connectivity index (χ3n) is 3.78. The maximum absolute atomic E-state index is 12.4. The van der Waals surface area contributed by atoms with Crippen LogP contribution in [0.2, 0.25) is 5.02 Å². The van der Waals surface area contributed by atoms with Crippen LogP contribution in [0.3, 0.4) is 0 Å². The minimum absolute atomic E-state index is 0.101. The van der Waals surface area contributed by atoms with E-state index in [1.54, 1.807) is 19.2 Å². The van der Waals surface area contributed by atoms with Gasteiger partial charge in [-0.3, -0.25) is 9.69 Å². The van der Waals surface area contributed by atoms with Crippen LogP contribution in [-0.4, -0.2) is 31.0 Å². The van der Waals surface area contributed by atoms with E-state index in [1.807, 2.05) is 55.3 Å². The van der Waals surface area contributed by atoms with Gasteiger partial charge in [-0.2, -0.15) is 0 Å². The summed E-state index contributed by atoms with van der Waals surface area (Å²) >= 11 is 6.08. The van der Waals surface area contributed by atoms with Crippen LogP contribution in [-0.2, 0) is 11.3 Å². The Morgan fingerprint density at radius 2 is 1.87 bits per heavy atom. The number of methoxy groups -OCH3 is 1. The Kier molecular flexibility index (Phi) is 6.02. The Morgan fingerprint density at radius 1 is 1.22 bits per heavy atom. The lowest BCUT2D eigenvalue weighted by molar-refractivity contribution is -0.120. The van der Waals surface area contributed by atoms with Crippen molar-refractivity contribution in [3.63, 3.8) is 0 Å². The predicted molar refractivity (Wildman–Crippen MR) is 94.0 cm³/mol. The van der Waals surface area contributed by atoms with Crippen molar-refractivity contribution >= 4 is 23.2 Å². The number of halogens is 1. The first-order valence-electron chi connectivity index (χ1n) is 7.40. The number of nitrogens with zero attached hydrogens (tertiary/aromatic N) is 1. The molecule has 1 atom stereocenters. The van der Waals surface area contributed by atoms with Crippen LogP contribution in [0.15, 0.2) is 48.5 Å². The van der Waals surface area contributed by atoms with Gasteiger partial charge in [0, 0.05) is 12.1 Å². The molecule has 0 saturated carbocycles. The molecule has 1 amide bonds. The molecule has 2 aromatic carbocycles. The molecular formula is C18H21ClN2O2. The van der Waals surface area contributed by atoms with Gasteiger partial charge in [0.05, 0.1) is 23.9 Å². The first-order chi connectivity index (χ1) is 11.0. The average Bonchev–Trinajstić information content (AvgIpc) is 2.56. The Bertz CT molecular complexity index is 676. The fourth-order valence-electron chi connectivity index (χ4n) is 2.24. The monoisotopic (exact) mass is 332 g/mol. The zero-order valence-corrected chi connectivity index (χ0v) is 14.3. The first-order valence-corrected chi connectivity index (χ1v) is 7.78. The molecule has 0 aliphatic carbocycles. The van der Waals surface area contributed by atoms with Gasteiger partial charge >= 0.3 is 0 Å². The molecule has 0 bridgehead atoms. The average molecular weight is 333 g/mol. The number of hydrogen-bond donors (Lipinski definition) is 1. The van der Waals surface area contributed by atoms with Crippen molar-refractivity contribution in [1.82, 2.24) is 4.90 Å². The zero-order valence-electron chi connectivity index (χ0n) is 13.5. The summed E-state index contributed by atoms with van der Waals surface area (Å²) < 4.78 is 5.35. The Hall–Kier alpha value is -2.04. The van der Waals surface area contributed by atoms with E-state index in [4.69, 9.17) is 16.3 Å². The number of carbonyl (C=O) groups is 1. The Labute approximate surface area is 142 Å². The minimum atomic E-state index is -0.309. The lowest BCUT2D eigenvalue weighted by Gasteiger charge is -2.24. The molecule has 0 spiro atoms. The van der Waals surface area contributed by atoms with Gasteiger partial charge in [0.25, 0.3) is 0 Å². The molecule has 0 aromatic heterocycles. The van der Waals surface area contributed by atoms with Crippen molar-refractivity contribution in [2.24, 2.45) is 0 Å². The molecule has 0 heterocycles. The molecule has 2 rings (SSSR count). The van der Waals surface area contributed by atoms with Crippen molar-refractivity contribution < 1.29 is 9.53 Å². The van der Waals surface area contributed by atoms with Crippen molar-refractivity contribution in [3.8, 4) is 5.75 Å². The van der Waals surface area contributed by atoms with E-state index in [2.05, 4.69) is 5.32 Å². The Balaban J connectivity index is 2.03. The maximum Gasteiger partial charge on any atom is 0.241 e. The van der Waals surface area contributed by atoms with Gasteiger partial charge in [-0.05, 0) is 32.2 Å². The quantitative estimate of drug-likeness (QED) is 0.874. The Morgan fingerprint density at radius 3 is 2.57 bits per heavy atom. The highest BCUT2D eigenvalue weighted by Gasteiger charge is 2.20. The second-order valence-corrected chi connectivity index (χ2v) is 5.78. The molecule has 0 aliphatic heterocycles. The second-order valence-electron chi connectivity index (χ2n) is 5.37. The van der Waals surface area contributed by atoms with E-state index in [0.717, 1.165) is 11.3 Å². The van der Waals surface area contributed by atoms with Gasteiger partial charge in [0.2, 0.25) is 5.91 Å². The second kappa shape index (κ2) is 7.99. The fraction of sp³-hybridized carbons (Fsp3) is 0.278. The number of hydrogen-bond acceptors (Lipinski definition) is 3. The molecule has 122 valence electrons. The summed E-state index contributed by atoms with van der Waals surface area (Å²) in [5, 5.41) is 3.39. The zero-order chi connectivity index (χ0) is 16.8. The smallest absolute Gasteiger partial charge is 0.241 e. The number of anilines is 1. The van der Waals surface area contributed by atoms with E-state index < -0.39 is 0 Å². The first kappa shape index (κ1) is 17.3. The van der Waals surface area contributed by atoms with Crippen LogP contribution in [0, 0.1) is 0 Å². The fourth-order valence-corrected chi connectivity index (χ4v) is 2.42. The summed E-state index contributed by atoms with van der Waals surface area (Å²) in [4.78, 5) is 14.4. The van der Waals surface area contributed by atoms with Crippen LogP contribution < -0.4 is 10.1 Å². The lowest BCUT2D eigenvalue weighted by Crippen LogP contribution is -2.39. The lowest BCUT2D eigenvalue weighted by atomic mass is 10.1. The van der Waals surface area contributed by atoms with Crippen LogP contribution in [0.1, 0.15) is 12.5 Å². The molecule has 0 aliphatic rings. The molecule has 5 heteroatoms. The van der Waals surface area contributed by atoms with Gasteiger partial charge in [-0.15, -0.1) is 0 Å². The number of para-hydroxylation sites is 2. The number of amides is 1. The molecule has 0 fully saturated rings. The van der Waals surface area contributed by atoms with Crippen LogP contribution in [0.4, 0.5) is 5.69 Å². The summed E-state index contributed by atoms with van der Waals surface area (Å²) in [6.07, 6.45) is 0. The predicted octanol–water partition coefficient (Wildman–Crippen LogP) is 3.81. The number of nitrogens with one attached hydrogen (secondary N) is 1. The van der Waals surface area contributed by atoms with Crippen LogP contribution in [0.5, 0.6) is 5.75 Å². The van der Waals surface area contributed by atoms with Crippen molar-refractivity contribution in [1.29, 1.82) is 0 Å². The molecule has 0 radical (unpaired) electrons.